The van der Waals surface area contributed by atoms with Crippen molar-refractivity contribution in [2.75, 3.05) is 4.90 Å². The van der Waals surface area contributed by atoms with E-state index < -0.39 is 0 Å². The van der Waals surface area contributed by atoms with Crippen molar-refractivity contribution in [1.82, 2.24) is 0 Å². The molecule has 0 aliphatic rings. The molecule has 11 rings (SSSR count). The Morgan fingerprint density at radius 1 is 0.276 bits per heavy atom. The van der Waals surface area contributed by atoms with Gasteiger partial charge in [0, 0.05) is 27.8 Å². The number of benzene rings is 10. The molecule has 0 aliphatic carbocycles. The Bertz CT molecular complexity index is 3240. The van der Waals surface area contributed by atoms with Gasteiger partial charge in [-0.3, -0.25) is 0 Å². The van der Waals surface area contributed by atoms with E-state index in [4.69, 9.17) is 4.42 Å². The molecule has 58 heavy (non-hydrogen) atoms. The van der Waals surface area contributed by atoms with Crippen LogP contribution in [-0.4, -0.2) is 0 Å². The molecule has 0 saturated heterocycles. The average Bonchev–Trinajstić information content (AvgIpc) is 3.69. The minimum Gasteiger partial charge on any atom is -0.456 e. The van der Waals surface area contributed by atoms with Crippen LogP contribution in [0, 0.1) is 0 Å². The third-order valence-electron chi connectivity index (χ3n) is 11.5. The standard InChI is InChI=1S/C56H37NO/c1-2-11-45-37-46(24-23-38(45)9-1)41-21-19-39(20-22-41)40-25-31-47(32-26-40)57(48-33-27-43(28-34-48)51-15-7-12-42-10-3-4-13-50(42)51)49-35-29-44(30-36-49)52-16-8-18-55-56(52)53-14-5-6-17-54(53)58-55/h1-37H. The molecule has 0 aliphatic heterocycles. The maximum atomic E-state index is 6.23. The molecule has 0 N–H and O–H groups in total. The van der Waals surface area contributed by atoms with Crippen molar-refractivity contribution >= 4 is 60.5 Å². The minimum atomic E-state index is 0.902. The first-order valence-electron chi connectivity index (χ1n) is 19.8. The number of nitrogens with zero attached hydrogens (tertiary/aromatic N) is 1. The molecule has 1 aromatic heterocycles. The van der Waals surface area contributed by atoms with Gasteiger partial charge in [-0.15, -0.1) is 0 Å². The first-order valence-corrected chi connectivity index (χ1v) is 19.8. The number of para-hydroxylation sites is 1. The zero-order valence-corrected chi connectivity index (χ0v) is 31.7. The molecule has 0 saturated carbocycles. The summed E-state index contributed by atoms with van der Waals surface area (Å²) in [4.78, 5) is 2.34. The van der Waals surface area contributed by atoms with Crippen LogP contribution in [0.2, 0.25) is 0 Å². The van der Waals surface area contributed by atoms with Gasteiger partial charge in [0.1, 0.15) is 11.2 Å². The Balaban J connectivity index is 0.953. The van der Waals surface area contributed by atoms with E-state index in [2.05, 4.69) is 217 Å². The zero-order valence-electron chi connectivity index (χ0n) is 31.7. The average molecular weight is 740 g/mol. The molecule has 1 heterocycles. The second-order valence-corrected chi connectivity index (χ2v) is 14.9. The third-order valence-corrected chi connectivity index (χ3v) is 11.5. The van der Waals surface area contributed by atoms with Crippen LogP contribution in [-0.2, 0) is 0 Å². The fourth-order valence-corrected chi connectivity index (χ4v) is 8.55. The molecule has 0 atom stereocenters. The summed E-state index contributed by atoms with van der Waals surface area (Å²) in [7, 11) is 0. The number of hydrogen-bond acceptors (Lipinski definition) is 2. The summed E-state index contributed by atoms with van der Waals surface area (Å²) in [6, 6.07) is 80.7. The van der Waals surface area contributed by atoms with Crippen LogP contribution in [0.5, 0.6) is 0 Å². The van der Waals surface area contributed by atoms with Gasteiger partial charge in [0.05, 0.1) is 0 Å². The number of furan rings is 1. The molecular formula is C56H37NO. The van der Waals surface area contributed by atoms with Gasteiger partial charge in [0.15, 0.2) is 0 Å². The summed E-state index contributed by atoms with van der Waals surface area (Å²) < 4.78 is 6.23. The normalized spacial score (nSPS) is 11.4. The molecule has 0 bridgehead atoms. The Hall–Kier alpha value is -7.68. The zero-order chi connectivity index (χ0) is 38.4. The predicted molar refractivity (Wildman–Crippen MR) is 245 cm³/mol. The van der Waals surface area contributed by atoms with E-state index in [1.54, 1.807) is 0 Å². The Morgan fingerprint density at radius 2 is 0.724 bits per heavy atom. The first kappa shape index (κ1) is 33.6. The quantitative estimate of drug-likeness (QED) is 0.162. The second kappa shape index (κ2) is 14.1. The van der Waals surface area contributed by atoms with E-state index in [1.165, 1.54) is 54.9 Å². The number of fused-ring (bicyclic) bond motifs is 5. The van der Waals surface area contributed by atoms with Crippen LogP contribution in [0.1, 0.15) is 0 Å². The van der Waals surface area contributed by atoms with Crippen molar-refractivity contribution < 1.29 is 4.42 Å². The van der Waals surface area contributed by atoms with Crippen LogP contribution < -0.4 is 4.90 Å². The summed E-state index contributed by atoms with van der Waals surface area (Å²) in [6.07, 6.45) is 0. The fraction of sp³-hybridized carbons (Fsp3) is 0. The van der Waals surface area contributed by atoms with E-state index >= 15 is 0 Å². The van der Waals surface area contributed by atoms with E-state index in [-0.39, 0.29) is 0 Å². The number of hydrogen-bond donors (Lipinski definition) is 0. The van der Waals surface area contributed by atoms with Gasteiger partial charge >= 0.3 is 0 Å². The molecule has 0 radical (unpaired) electrons. The van der Waals surface area contributed by atoms with Crippen molar-refractivity contribution in [2.45, 2.75) is 0 Å². The van der Waals surface area contributed by atoms with Crippen LogP contribution in [0.25, 0.3) is 88.0 Å². The monoisotopic (exact) mass is 739 g/mol. The van der Waals surface area contributed by atoms with Gasteiger partial charge in [-0.25, -0.2) is 0 Å². The molecule has 2 heteroatoms. The largest absolute Gasteiger partial charge is 0.456 e. The van der Waals surface area contributed by atoms with Gasteiger partial charge in [-0.2, -0.15) is 0 Å². The third kappa shape index (κ3) is 6.00. The highest BCUT2D eigenvalue weighted by molar-refractivity contribution is 6.12. The lowest BCUT2D eigenvalue weighted by Crippen LogP contribution is -2.09. The lowest BCUT2D eigenvalue weighted by molar-refractivity contribution is 0.669. The highest BCUT2D eigenvalue weighted by Crippen LogP contribution is 2.41. The molecule has 0 fully saturated rings. The van der Waals surface area contributed by atoms with Crippen molar-refractivity contribution in [1.29, 1.82) is 0 Å². The van der Waals surface area contributed by atoms with Crippen LogP contribution >= 0.6 is 0 Å². The Labute approximate surface area is 337 Å². The SMILES string of the molecule is c1ccc2cc(-c3ccc(-c4ccc(N(c5ccc(-c6cccc7ccccc67)cc5)c5ccc(-c6cccc7oc8ccccc8c67)cc5)cc4)cc3)ccc2c1. The molecule has 0 spiro atoms. The molecule has 0 amide bonds. The van der Waals surface area contributed by atoms with Crippen LogP contribution in [0.4, 0.5) is 17.1 Å². The highest BCUT2D eigenvalue weighted by Gasteiger charge is 2.16. The van der Waals surface area contributed by atoms with Gasteiger partial charge in [-0.1, -0.05) is 170 Å². The van der Waals surface area contributed by atoms with E-state index in [9.17, 15) is 0 Å². The lowest BCUT2D eigenvalue weighted by atomic mass is 9.97. The summed E-state index contributed by atoms with van der Waals surface area (Å²) in [5.41, 5.74) is 14.6. The predicted octanol–water partition coefficient (Wildman–Crippen LogP) is 16.0. The van der Waals surface area contributed by atoms with Crippen LogP contribution in [0.3, 0.4) is 0 Å². The Morgan fingerprint density at radius 3 is 1.41 bits per heavy atom. The fourth-order valence-electron chi connectivity index (χ4n) is 8.55. The summed E-state index contributed by atoms with van der Waals surface area (Å²) in [5.74, 6) is 0. The van der Waals surface area contributed by atoms with Crippen molar-refractivity contribution in [3.63, 3.8) is 0 Å². The molecule has 10 aromatic carbocycles. The maximum absolute atomic E-state index is 6.23. The molecule has 2 nitrogen and oxygen atoms in total. The Kier molecular flexibility index (Phi) is 8.19. The molecule has 272 valence electrons. The van der Waals surface area contributed by atoms with Crippen molar-refractivity contribution in [3.05, 3.63) is 224 Å². The number of rotatable bonds is 7. The van der Waals surface area contributed by atoms with Crippen molar-refractivity contribution in [2.24, 2.45) is 0 Å². The van der Waals surface area contributed by atoms with Gasteiger partial charge in [0.2, 0.25) is 0 Å². The summed E-state index contributed by atoms with van der Waals surface area (Å²) in [5, 5.41) is 7.29. The molecular weight excluding hydrogens is 703 g/mol. The summed E-state index contributed by atoms with van der Waals surface area (Å²) in [6.45, 7) is 0. The summed E-state index contributed by atoms with van der Waals surface area (Å²) >= 11 is 0. The smallest absolute Gasteiger partial charge is 0.136 e. The molecule has 0 unspecified atom stereocenters. The van der Waals surface area contributed by atoms with E-state index in [0.717, 1.165) is 50.1 Å². The minimum absolute atomic E-state index is 0.902. The molecule has 11 aromatic rings. The van der Waals surface area contributed by atoms with Crippen molar-refractivity contribution in [3.8, 4) is 44.5 Å². The second-order valence-electron chi connectivity index (χ2n) is 14.9. The van der Waals surface area contributed by atoms with E-state index in [0.29, 0.717) is 0 Å². The van der Waals surface area contributed by atoms with Crippen LogP contribution in [0.15, 0.2) is 229 Å². The van der Waals surface area contributed by atoms with Gasteiger partial charge in [0.25, 0.3) is 0 Å². The van der Waals surface area contributed by atoms with Gasteiger partial charge in [-0.05, 0) is 121 Å². The lowest BCUT2D eigenvalue weighted by Gasteiger charge is -2.26. The topological polar surface area (TPSA) is 16.4 Å². The first-order chi connectivity index (χ1) is 28.7. The maximum Gasteiger partial charge on any atom is 0.136 e. The highest BCUT2D eigenvalue weighted by atomic mass is 16.3. The number of anilines is 3. The van der Waals surface area contributed by atoms with E-state index in [1.807, 2.05) is 12.1 Å². The van der Waals surface area contributed by atoms with Gasteiger partial charge < -0.3 is 9.32 Å².